The second kappa shape index (κ2) is 7.58. The number of aryl methyl sites for hydroxylation is 1. The molecule has 152 valence electrons. The lowest BCUT2D eigenvalue weighted by Crippen LogP contribution is -2.32. The molecule has 1 aliphatic heterocycles. The number of hydrogen-bond acceptors (Lipinski definition) is 4. The largest absolute Gasteiger partial charge is 0.488 e. The molecule has 0 amide bonds. The number of fused-ring (bicyclic) bond motifs is 2. The van der Waals surface area contributed by atoms with Crippen molar-refractivity contribution < 1.29 is 9.47 Å². The molecule has 0 saturated heterocycles. The van der Waals surface area contributed by atoms with E-state index in [0.717, 1.165) is 41.3 Å². The van der Waals surface area contributed by atoms with Gasteiger partial charge in [0.15, 0.2) is 5.75 Å². The van der Waals surface area contributed by atoms with Gasteiger partial charge in [-0.2, -0.15) is 0 Å². The molecular formula is C24H22ClN3O2. The smallest absolute Gasteiger partial charge is 0.213 e. The third-order valence-corrected chi connectivity index (χ3v) is 5.74. The Bertz CT molecular complexity index is 1230. The molecule has 0 spiro atoms. The van der Waals surface area contributed by atoms with E-state index in [9.17, 15) is 0 Å². The van der Waals surface area contributed by atoms with Crippen LogP contribution in [0.5, 0.6) is 11.6 Å². The average Bonchev–Trinajstić information content (AvgIpc) is 3.17. The van der Waals surface area contributed by atoms with Crippen LogP contribution < -0.4 is 14.4 Å². The van der Waals surface area contributed by atoms with Crippen molar-refractivity contribution >= 4 is 28.2 Å². The molecule has 3 heterocycles. The summed E-state index contributed by atoms with van der Waals surface area (Å²) in [6.07, 6.45) is 3.86. The first-order valence-corrected chi connectivity index (χ1v) is 10.3. The predicted molar refractivity (Wildman–Crippen MR) is 120 cm³/mol. The van der Waals surface area contributed by atoms with Gasteiger partial charge in [0.25, 0.3) is 0 Å². The molecule has 0 unspecified atom stereocenters. The van der Waals surface area contributed by atoms with Gasteiger partial charge in [0.05, 0.1) is 29.9 Å². The first-order valence-electron chi connectivity index (χ1n) is 9.91. The monoisotopic (exact) mass is 419 g/mol. The second-order valence-corrected chi connectivity index (χ2v) is 7.91. The molecule has 5 rings (SSSR count). The summed E-state index contributed by atoms with van der Waals surface area (Å²) in [6, 6.07) is 16.7. The quantitative estimate of drug-likeness (QED) is 0.444. The van der Waals surface area contributed by atoms with Gasteiger partial charge in [-0.05, 0) is 48.9 Å². The Morgan fingerprint density at radius 1 is 1.13 bits per heavy atom. The normalized spacial score (nSPS) is 13.2. The second-order valence-electron chi connectivity index (χ2n) is 7.50. The van der Waals surface area contributed by atoms with Crippen LogP contribution in [0.4, 0.5) is 5.69 Å². The maximum Gasteiger partial charge on any atom is 0.213 e. The molecule has 30 heavy (non-hydrogen) atoms. The first kappa shape index (κ1) is 18.8. The predicted octanol–water partition coefficient (Wildman–Crippen LogP) is 5.39. The number of ether oxygens (including phenoxy) is 2. The summed E-state index contributed by atoms with van der Waals surface area (Å²) in [5.41, 5.74) is 5.53. The fourth-order valence-corrected chi connectivity index (χ4v) is 4.26. The Hall–Kier alpha value is -3.18. The summed E-state index contributed by atoms with van der Waals surface area (Å²) in [7, 11) is 1.63. The molecule has 0 N–H and O–H groups in total. The zero-order chi connectivity index (χ0) is 20.7. The van der Waals surface area contributed by atoms with Gasteiger partial charge in [0, 0.05) is 36.1 Å². The highest BCUT2D eigenvalue weighted by Gasteiger charge is 2.23. The standard InChI is InChI=1S/C24H22ClN3O2/c1-16-3-4-21-18(11-16)6-8-28(21)19-13-20(25)24-22(14-19)27(9-10-30-24)15-17-5-7-26-23(12-17)29-2/h3-8,11-14H,9-10,15H2,1-2H3. The van der Waals surface area contributed by atoms with Crippen LogP contribution in [-0.2, 0) is 6.54 Å². The first-order chi connectivity index (χ1) is 14.6. The van der Waals surface area contributed by atoms with Crippen molar-refractivity contribution in [3.63, 3.8) is 0 Å². The van der Waals surface area contributed by atoms with Crippen LogP contribution in [0.3, 0.4) is 0 Å². The van der Waals surface area contributed by atoms with Crippen LogP contribution in [-0.4, -0.2) is 29.8 Å². The van der Waals surface area contributed by atoms with Gasteiger partial charge in [0.2, 0.25) is 5.88 Å². The molecule has 0 radical (unpaired) electrons. The Balaban J connectivity index is 1.56. The number of hydrogen-bond donors (Lipinski definition) is 0. The molecule has 0 atom stereocenters. The molecule has 1 aliphatic rings. The number of pyridine rings is 1. The van der Waals surface area contributed by atoms with E-state index in [4.69, 9.17) is 21.1 Å². The number of rotatable bonds is 4. The fraction of sp³-hybridized carbons (Fsp3) is 0.208. The number of nitrogens with zero attached hydrogens (tertiary/aromatic N) is 3. The van der Waals surface area contributed by atoms with Crippen LogP contribution in [0, 0.1) is 6.92 Å². The van der Waals surface area contributed by atoms with Gasteiger partial charge in [-0.15, -0.1) is 0 Å². The molecule has 2 aromatic heterocycles. The molecule has 4 aromatic rings. The number of halogens is 1. The van der Waals surface area contributed by atoms with Gasteiger partial charge >= 0.3 is 0 Å². The van der Waals surface area contributed by atoms with E-state index < -0.39 is 0 Å². The third-order valence-electron chi connectivity index (χ3n) is 5.46. The minimum atomic E-state index is 0.597. The highest BCUT2D eigenvalue weighted by Crippen LogP contribution is 2.41. The van der Waals surface area contributed by atoms with Gasteiger partial charge in [-0.25, -0.2) is 4.98 Å². The van der Waals surface area contributed by atoms with Crippen molar-refractivity contribution in [2.24, 2.45) is 0 Å². The van der Waals surface area contributed by atoms with Crippen LogP contribution in [0.25, 0.3) is 16.6 Å². The van der Waals surface area contributed by atoms with Crippen molar-refractivity contribution in [1.82, 2.24) is 9.55 Å². The number of anilines is 1. The molecule has 5 nitrogen and oxygen atoms in total. The summed E-state index contributed by atoms with van der Waals surface area (Å²) in [4.78, 5) is 6.49. The maximum absolute atomic E-state index is 6.66. The Labute approximate surface area is 180 Å². The van der Waals surface area contributed by atoms with Crippen molar-refractivity contribution in [1.29, 1.82) is 0 Å². The lowest BCUT2D eigenvalue weighted by molar-refractivity contribution is 0.307. The zero-order valence-electron chi connectivity index (χ0n) is 16.9. The SMILES string of the molecule is COc1cc(CN2CCOc3c(Cl)cc(-n4ccc5cc(C)ccc54)cc32)ccn1. The minimum absolute atomic E-state index is 0.597. The lowest BCUT2D eigenvalue weighted by atomic mass is 10.1. The van der Waals surface area contributed by atoms with Crippen molar-refractivity contribution in [3.05, 3.63) is 77.1 Å². The molecule has 0 aliphatic carbocycles. The van der Waals surface area contributed by atoms with E-state index in [1.807, 2.05) is 18.2 Å². The fourth-order valence-electron chi connectivity index (χ4n) is 3.99. The number of benzene rings is 2. The van der Waals surface area contributed by atoms with Gasteiger partial charge in [0.1, 0.15) is 6.61 Å². The van der Waals surface area contributed by atoms with E-state index in [0.29, 0.717) is 17.5 Å². The van der Waals surface area contributed by atoms with Crippen LogP contribution in [0.1, 0.15) is 11.1 Å². The minimum Gasteiger partial charge on any atom is -0.488 e. The van der Waals surface area contributed by atoms with Gasteiger partial charge in [-0.3, -0.25) is 0 Å². The molecule has 0 saturated carbocycles. The van der Waals surface area contributed by atoms with E-state index in [-0.39, 0.29) is 0 Å². The molecule has 0 fully saturated rings. The lowest BCUT2D eigenvalue weighted by Gasteiger charge is -2.32. The highest BCUT2D eigenvalue weighted by atomic mass is 35.5. The Kier molecular flexibility index (Phi) is 4.75. The molecule has 0 bridgehead atoms. The van der Waals surface area contributed by atoms with Crippen LogP contribution in [0.2, 0.25) is 5.02 Å². The van der Waals surface area contributed by atoms with Crippen molar-refractivity contribution in [2.75, 3.05) is 25.2 Å². The van der Waals surface area contributed by atoms with Crippen molar-refractivity contribution in [2.45, 2.75) is 13.5 Å². The summed E-state index contributed by atoms with van der Waals surface area (Å²) >= 11 is 6.66. The Morgan fingerprint density at radius 2 is 2.03 bits per heavy atom. The summed E-state index contributed by atoms with van der Waals surface area (Å²) < 4.78 is 13.4. The summed E-state index contributed by atoms with van der Waals surface area (Å²) in [6.45, 7) is 4.21. The van der Waals surface area contributed by atoms with Crippen LogP contribution in [0.15, 0.2) is 60.9 Å². The third kappa shape index (κ3) is 3.35. The number of aromatic nitrogens is 2. The zero-order valence-corrected chi connectivity index (χ0v) is 17.7. The van der Waals surface area contributed by atoms with Gasteiger partial charge in [-0.1, -0.05) is 23.2 Å². The molecule has 6 heteroatoms. The topological polar surface area (TPSA) is 39.5 Å². The molecule has 2 aromatic carbocycles. The van der Waals surface area contributed by atoms with Gasteiger partial charge < -0.3 is 18.9 Å². The van der Waals surface area contributed by atoms with Crippen molar-refractivity contribution in [3.8, 4) is 17.3 Å². The van der Waals surface area contributed by atoms with E-state index >= 15 is 0 Å². The van der Waals surface area contributed by atoms with E-state index in [2.05, 4.69) is 57.9 Å². The number of methoxy groups -OCH3 is 1. The maximum atomic E-state index is 6.66. The average molecular weight is 420 g/mol. The van der Waals surface area contributed by atoms with E-state index in [1.165, 1.54) is 10.9 Å². The molecular weight excluding hydrogens is 398 g/mol. The summed E-state index contributed by atoms with van der Waals surface area (Å²) in [5, 5.41) is 1.83. The van der Waals surface area contributed by atoms with E-state index in [1.54, 1.807) is 13.3 Å². The Morgan fingerprint density at radius 3 is 2.90 bits per heavy atom. The van der Waals surface area contributed by atoms with Crippen LogP contribution >= 0.6 is 11.6 Å². The summed E-state index contributed by atoms with van der Waals surface area (Å²) in [5.74, 6) is 1.35. The highest BCUT2D eigenvalue weighted by molar-refractivity contribution is 6.32.